The zero-order valence-corrected chi connectivity index (χ0v) is 14.7. The molecule has 1 heterocycles. The van der Waals surface area contributed by atoms with Crippen LogP contribution in [0.5, 0.6) is 5.75 Å². The second-order valence-electron chi connectivity index (χ2n) is 6.85. The molecule has 0 spiro atoms. The minimum atomic E-state index is -0.487. The Labute approximate surface area is 142 Å². The van der Waals surface area contributed by atoms with Crippen molar-refractivity contribution >= 4 is 11.9 Å². The first-order valence-electron chi connectivity index (χ1n) is 8.03. The molecule has 1 unspecified atom stereocenters. The van der Waals surface area contributed by atoms with Gasteiger partial charge in [-0.15, -0.1) is 0 Å². The normalized spacial score (nSPS) is 16.2. The molecule has 0 bridgehead atoms. The van der Waals surface area contributed by atoms with Crippen molar-refractivity contribution < 1.29 is 23.8 Å². The third-order valence-electron chi connectivity index (χ3n) is 3.61. The van der Waals surface area contributed by atoms with Crippen molar-refractivity contribution in [3.05, 3.63) is 29.3 Å². The van der Waals surface area contributed by atoms with Gasteiger partial charge in [0, 0.05) is 18.0 Å². The van der Waals surface area contributed by atoms with Crippen molar-refractivity contribution in [2.24, 2.45) is 0 Å². The molecule has 6 heteroatoms. The lowest BCUT2D eigenvalue weighted by molar-refractivity contribution is -0.155. The Bertz CT molecular complexity index is 606. The predicted octanol–water partition coefficient (Wildman–Crippen LogP) is 2.16. The van der Waals surface area contributed by atoms with E-state index in [0.717, 1.165) is 16.9 Å². The van der Waals surface area contributed by atoms with Gasteiger partial charge < -0.3 is 19.5 Å². The van der Waals surface area contributed by atoms with Gasteiger partial charge in [-0.25, -0.2) is 0 Å². The molecule has 132 valence electrons. The minimum Gasteiger partial charge on any atom is -0.493 e. The largest absolute Gasteiger partial charge is 0.493 e. The lowest BCUT2D eigenvalue weighted by atomic mass is 9.96. The summed E-state index contributed by atoms with van der Waals surface area (Å²) >= 11 is 0. The van der Waals surface area contributed by atoms with Crippen LogP contribution in [0, 0.1) is 0 Å². The molecule has 1 aliphatic heterocycles. The molecule has 24 heavy (non-hydrogen) atoms. The number of methoxy groups -OCH3 is 1. The molecule has 1 aliphatic rings. The fourth-order valence-electron chi connectivity index (χ4n) is 2.57. The molecule has 0 aliphatic carbocycles. The number of esters is 2. The SMILES string of the molecule is COC(=O)CNCc1ccc2c(c1)C(CC(=O)OC(C)(C)C)CO2. The molecule has 0 fully saturated rings. The van der Waals surface area contributed by atoms with E-state index in [1.54, 1.807) is 0 Å². The maximum atomic E-state index is 12.0. The van der Waals surface area contributed by atoms with Crippen LogP contribution in [0.25, 0.3) is 0 Å². The summed E-state index contributed by atoms with van der Waals surface area (Å²) in [6.07, 6.45) is 0.295. The summed E-state index contributed by atoms with van der Waals surface area (Å²) in [6.45, 7) is 6.75. The van der Waals surface area contributed by atoms with Crippen LogP contribution in [0.2, 0.25) is 0 Å². The minimum absolute atomic E-state index is 0.00425. The molecule has 6 nitrogen and oxygen atoms in total. The number of carbonyl (C=O) groups is 2. The summed E-state index contributed by atoms with van der Waals surface area (Å²) in [4.78, 5) is 23.2. The number of hydrogen-bond donors (Lipinski definition) is 1. The van der Waals surface area contributed by atoms with E-state index < -0.39 is 5.60 Å². The standard InChI is InChI=1S/C18H25NO5/c1-18(2,3)24-16(20)8-13-11-23-15-6-5-12(7-14(13)15)9-19-10-17(21)22-4/h5-7,13,19H,8-11H2,1-4H3. The van der Waals surface area contributed by atoms with Crippen LogP contribution in [0.4, 0.5) is 0 Å². The smallest absolute Gasteiger partial charge is 0.319 e. The summed E-state index contributed by atoms with van der Waals surface area (Å²) in [5.41, 5.74) is 1.55. The molecule has 0 saturated carbocycles. The van der Waals surface area contributed by atoms with Crippen molar-refractivity contribution in [1.29, 1.82) is 0 Å². The van der Waals surface area contributed by atoms with Gasteiger partial charge in [-0.2, -0.15) is 0 Å². The number of fused-ring (bicyclic) bond motifs is 1. The lowest BCUT2D eigenvalue weighted by Crippen LogP contribution is -2.25. The summed E-state index contributed by atoms with van der Waals surface area (Å²) in [6, 6.07) is 5.86. The Balaban J connectivity index is 1.97. The molecular weight excluding hydrogens is 310 g/mol. The quantitative estimate of drug-likeness (QED) is 0.803. The highest BCUT2D eigenvalue weighted by Gasteiger charge is 2.28. The third-order valence-corrected chi connectivity index (χ3v) is 3.61. The Kier molecular flexibility index (Phi) is 5.83. The summed E-state index contributed by atoms with van der Waals surface area (Å²) in [5, 5.41) is 3.02. The summed E-state index contributed by atoms with van der Waals surface area (Å²) in [7, 11) is 1.36. The molecule has 0 aromatic heterocycles. The van der Waals surface area contributed by atoms with Crippen molar-refractivity contribution in [2.45, 2.75) is 45.3 Å². The van der Waals surface area contributed by atoms with E-state index in [-0.39, 0.29) is 24.4 Å². The molecule has 0 saturated heterocycles. The van der Waals surface area contributed by atoms with Gasteiger partial charge in [0.2, 0.25) is 0 Å². The average molecular weight is 335 g/mol. The monoisotopic (exact) mass is 335 g/mol. The van der Waals surface area contributed by atoms with Crippen LogP contribution in [0.15, 0.2) is 18.2 Å². The Morgan fingerprint density at radius 1 is 1.29 bits per heavy atom. The van der Waals surface area contributed by atoms with Gasteiger partial charge in [0.1, 0.15) is 11.4 Å². The second kappa shape index (κ2) is 7.66. The maximum Gasteiger partial charge on any atom is 0.319 e. The van der Waals surface area contributed by atoms with Gasteiger partial charge in [-0.1, -0.05) is 12.1 Å². The zero-order chi connectivity index (χ0) is 17.7. The molecule has 0 radical (unpaired) electrons. The maximum absolute atomic E-state index is 12.0. The van der Waals surface area contributed by atoms with Crippen LogP contribution in [0.3, 0.4) is 0 Å². The Morgan fingerprint density at radius 2 is 2.04 bits per heavy atom. The van der Waals surface area contributed by atoms with Crippen LogP contribution in [0.1, 0.15) is 44.2 Å². The molecule has 1 aromatic carbocycles. The lowest BCUT2D eigenvalue weighted by Gasteiger charge is -2.20. The van der Waals surface area contributed by atoms with E-state index in [1.807, 2.05) is 39.0 Å². The highest BCUT2D eigenvalue weighted by molar-refractivity contribution is 5.72. The topological polar surface area (TPSA) is 73.9 Å². The fourth-order valence-corrected chi connectivity index (χ4v) is 2.57. The van der Waals surface area contributed by atoms with Crippen LogP contribution >= 0.6 is 0 Å². The second-order valence-corrected chi connectivity index (χ2v) is 6.85. The zero-order valence-electron chi connectivity index (χ0n) is 14.7. The van der Waals surface area contributed by atoms with Crippen molar-refractivity contribution in [3.63, 3.8) is 0 Å². The van der Waals surface area contributed by atoms with Gasteiger partial charge >= 0.3 is 11.9 Å². The molecule has 1 aromatic rings. The number of rotatable bonds is 6. The Morgan fingerprint density at radius 3 is 2.71 bits per heavy atom. The first-order valence-corrected chi connectivity index (χ1v) is 8.03. The molecule has 0 amide bonds. The van der Waals surface area contributed by atoms with E-state index >= 15 is 0 Å². The van der Waals surface area contributed by atoms with Crippen LogP contribution in [-0.2, 0) is 25.6 Å². The van der Waals surface area contributed by atoms with Crippen LogP contribution in [-0.4, -0.2) is 37.8 Å². The van der Waals surface area contributed by atoms with Gasteiger partial charge in [0.05, 0.1) is 26.7 Å². The highest BCUT2D eigenvalue weighted by atomic mass is 16.6. The van der Waals surface area contributed by atoms with Gasteiger partial charge in [0.25, 0.3) is 0 Å². The van der Waals surface area contributed by atoms with Gasteiger partial charge in [0.15, 0.2) is 0 Å². The van der Waals surface area contributed by atoms with Gasteiger partial charge in [-0.3, -0.25) is 9.59 Å². The molecule has 1 atom stereocenters. The van der Waals surface area contributed by atoms with Crippen molar-refractivity contribution in [1.82, 2.24) is 5.32 Å². The van der Waals surface area contributed by atoms with Gasteiger partial charge in [-0.05, 0) is 32.4 Å². The van der Waals surface area contributed by atoms with Crippen LogP contribution < -0.4 is 10.1 Å². The third kappa shape index (κ3) is 5.23. The predicted molar refractivity (Wildman–Crippen MR) is 88.9 cm³/mol. The number of carbonyl (C=O) groups excluding carboxylic acids is 2. The highest BCUT2D eigenvalue weighted by Crippen LogP contribution is 2.37. The summed E-state index contributed by atoms with van der Waals surface area (Å²) < 4.78 is 15.6. The molecule has 1 N–H and O–H groups in total. The summed E-state index contributed by atoms with van der Waals surface area (Å²) in [5.74, 6) is 0.274. The number of nitrogens with one attached hydrogen (secondary N) is 1. The first-order chi connectivity index (χ1) is 11.3. The number of benzene rings is 1. The van der Waals surface area contributed by atoms with E-state index in [1.165, 1.54) is 7.11 Å². The van der Waals surface area contributed by atoms with E-state index in [0.29, 0.717) is 19.6 Å². The molecular formula is C18H25NO5. The van der Waals surface area contributed by atoms with E-state index in [2.05, 4.69) is 10.1 Å². The fraction of sp³-hybridized carbons (Fsp3) is 0.556. The van der Waals surface area contributed by atoms with Crippen molar-refractivity contribution in [3.8, 4) is 5.75 Å². The Hall–Kier alpha value is -2.08. The van der Waals surface area contributed by atoms with E-state index in [4.69, 9.17) is 9.47 Å². The molecule has 2 rings (SSSR count). The average Bonchev–Trinajstić information content (AvgIpc) is 2.87. The number of hydrogen-bond acceptors (Lipinski definition) is 6. The van der Waals surface area contributed by atoms with E-state index in [9.17, 15) is 9.59 Å². The first kappa shape index (κ1) is 18.3. The van der Waals surface area contributed by atoms with Crippen molar-refractivity contribution in [2.75, 3.05) is 20.3 Å². The number of ether oxygens (including phenoxy) is 3.